The van der Waals surface area contributed by atoms with Crippen LogP contribution in [0.4, 0.5) is 0 Å². The number of halogens is 1. The van der Waals surface area contributed by atoms with E-state index in [1.807, 2.05) is 0 Å². The first-order chi connectivity index (χ1) is 6.24. The molecule has 0 amide bonds. The second-order valence-electron chi connectivity index (χ2n) is 3.83. The Morgan fingerprint density at radius 2 is 1.86 bits per heavy atom. The molecule has 3 heteroatoms. The normalized spacial score (nSPS) is 17.3. The van der Waals surface area contributed by atoms with Crippen LogP contribution in [0.15, 0.2) is 24.3 Å². The van der Waals surface area contributed by atoms with Gasteiger partial charge in [0.15, 0.2) is 0 Å². The van der Waals surface area contributed by atoms with Gasteiger partial charge >= 0.3 is 0 Å². The van der Waals surface area contributed by atoms with Gasteiger partial charge in [-0.2, -0.15) is 12.6 Å². The van der Waals surface area contributed by atoms with Gasteiger partial charge in [0, 0.05) is 24.9 Å². The maximum absolute atomic E-state index is 4.39. The fourth-order valence-electron chi connectivity index (χ4n) is 1.62. The molecule has 1 fully saturated rings. The molecule has 1 aromatic rings. The summed E-state index contributed by atoms with van der Waals surface area (Å²) in [6.45, 7) is 5.47. The molecular formula is C11H16ClNS. The molecule has 1 aliphatic rings. The van der Waals surface area contributed by atoms with Crippen LogP contribution in [-0.2, 0) is 6.54 Å². The average molecular weight is 230 g/mol. The van der Waals surface area contributed by atoms with E-state index in [1.165, 1.54) is 11.1 Å². The van der Waals surface area contributed by atoms with Crippen molar-refractivity contribution >= 4 is 25.0 Å². The highest BCUT2D eigenvalue weighted by Gasteiger charge is 2.22. The molecule has 0 saturated carbocycles. The number of nitrogens with zero attached hydrogens (tertiary/aromatic N) is 1. The van der Waals surface area contributed by atoms with E-state index in [9.17, 15) is 0 Å². The molecule has 0 spiro atoms. The molecule has 14 heavy (non-hydrogen) atoms. The number of hydrogen-bond donors (Lipinski definition) is 1. The smallest absolute Gasteiger partial charge is 0.0272 e. The van der Waals surface area contributed by atoms with Gasteiger partial charge in [0.05, 0.1) is 0 Å². The molecule has 2 rings (SSSR count). The molecule has 1 nitrogen and oxygen atoms in total. The molecule has 0 atom stereocenters. The lowest BCUT2D eigenvalue weighted by atomic mass is 10.1. The Kier molecular flexibility index (Phi) is 4.30. The van der Waals surface area contributed by atoms with Crippen LogP contribution in [-0.4, -0.2) is 23.2 Å². The van der Waals surface area contributed by atoms with Gasteiger partial charge in [-0.1, -0.05) is 29.8 Å². The first-order valence-corrected chi connectivity index (χ1v) is 5.21. The van der Waals surface area contributed by atoms with E-state index in [-0.39, 0.29) is 12.4 Å². The van der Waals surface area contributed by atoms with E-state index in [0.717, 1.165) is 19.6 Å². The van der Waals surface area contributed by atoms with Crippen LogP contribution >= 0.6 is 25.0 Å². The molecule has 0 radical (unpaired) electrons. The first kappa shape index (κ1) is 11.9. The number of aryl methyl sites for hydroxylation is 1. The summed E-state index contributed by atoms with van der Waals surface area (Å²) >= 11 is 4.39. The highest BCUT2D eigenvalue weighted by Crippen LogP contribution is 2.16. The van der Waals surface area contributed by atoms with Gasteiger partial charge < -0.3 is 0 Å². The van der Waals surface area contributed by atoms with Crippen LogP contribution in [0.3, 0.4) is 0 Å². The maximum atomic E-state index is 4.39. The van der Waals surface area contributed by atoms with Crippen LogP contribution in [0.25, 0.3) is 0 Å². The van der Waals surface area contributed by atoms with Gasteiger partial charge in [-0.3, -0.25) is 4.90 Å². The third-order valence-corrected chi connectivity index (χ3v) is 2.79. The van der Waals surface area contributed by atoms with Gasteiger partial charge in [0.1, 0.15) is 0 Å². The summed E-state index contributed by atoms with van der Waals surface area (Å²) < 4.78 is 0. The van der Waals surface area contributed by atoms with Gasteiger partial charge in [-0.15, -0.1) is 12.4 Å². The number of hydrogen-bond acceptors (Lipinski definition) is 2. The van der Waals surface area contributed by atoms with E-state index < -0.39 is 0 Å². The zero-order valence-corrected chi connectivity index (χ0v) is 10.0. The van der Waals surface area contributed by atoms with Crippen molar-refractivity contribution in [1.29, 1.82) is 0 Å². The van der Waals surface area contributed by atoms with Crippen LogP contribution < -0.4 is 0 Å². The summed E-state index contributed by atoms with van der Waals surface area (Å²) in [4.78, 5) is 2.42. The van der Waals surface area contributed by atoms with Crippen molar-refractivity contribution in [1.82, 2.24) is 4.90 Å². The fourth-order valence-corrected chi connectivity index (χ4v) is 2.09. The van der Waals surface area contributed by atoms with Crippen molar-refractivity contribution in [2.75, 3.05) is 13.1 Å². The molecule has 0 bridgehead atoms. The Morgan fingerprint density at radius 1 is 1.29 bits per heavy atom. The van der Waals surface area contributed by atoms with Crippen molar-refractivity contribution in [3.63, 3.8) is 0 Å². The summed E-state index contributed by atoms with van der Waals surface area (Å²) in [5, 5.41) is 0.602. The lowest BCUT2D eigenvalue weighted by Crippen LogP contribution is -2.46. The molecule has 78 valence electrons. The molecule has 1 aliphatic heterocycles. The van der Waals surface area contributed by atoms with E-state index >= 15 is 0 Å². The first-order valence-electron chi connectivity index (χ1n) is 4.70. The number of thiol groups is 1. The lowest BCUT2D eigenvalue weighted by Gasteiger charge is -2.36. The minimum atomic E-state index is 0. The Bertz CT molecular complexity index is 280. The minimum absolute atomic E-state index is 0. The Hall–Kier alpha value is -0.180. The standard InChI is InChI=1S/C11H15NS.ClH/c1-9-2-4-10(5-3-9)6-12-7-11(13)8-12;/h2-5,11,13H,6-8H2,1H3;1H. The number of rotatable bonds is 2. The van der Waals surface area contributed by atoms with E-state index in [0.29, 0.717) is 5.25 Å². The second-order valence-corrected chi connectivity index (χ2v) is 4.56. The Balaban J connectivity index is 0.000000980. The summed E-state index contributed by atoms with van der Waals surface area (Å²) in [7, 11) is 0. The predicted molar refractivity (Wildman–Crippen MR) is 66.5 cm³/mol. The van der Waals surface area contributed by atoms with Gasteiger partial charge in [0.25, 0.3) is 0 Å². The largest absolute Gasteiger partial charge is 0.297 e. The average Bonchev–Trinajstić information content (AvgIpc) is 2.06. The number of likely N-dealkylation sites (tertiary alicyclic amines) is 1. The van der Waals surface area contributed by atoms with Crippen molar-refractivity contribution in [3.05, 3.63) is 35.4 Å². The second kappa shape index (κ2) is 5.06. The molecule has 1 heterocycles. The van der Waals surface area contributed by atoms with Crippen molar-refractivity contribution in [2.24, 2.45) is 0 Å². The SMILES string of the molecule is Cc1ccc(CN2CC(S)C2)cc1.Cl. The molecule has 0 N–H and O–H groups in total. The third-order valence-electron chi connectivity index (χ3n) is 2.46. The summed E-state index contributed by atoms with van der Waals surface area (Å²) in [6, 6.07) is 8.77. The van der Waals surface area contributed by atoms with Crippen molar-refractivity contribution in [3.8, 4) is 0 Å². The van der Waals surface area contributed by atoms with E-state index in [2.05, 4.69) is 48.7 Å². The Morgan fingerprint density at radius 3 is 2.36 bits per heavy atom. The third kappa shape index (κ3) is 2.91. The summed E-state index contributed by atoms with van der Waals surface area (Å²) in [5.41, 5.74) is 2.74. The van der Waals surface area contributed by atoms with Crippen LogP contribution in [0.5, 0.6) is 0 Å². The van der Waals surface area contributed by atoms with Crippen molar-refractivity contribution in [2.45, 2.75) is 18.7 Å². The lowest BCUT2D eigenvalue weighted by molar-refractivity contribution is 0.182. The molecule has 0 aromatic heterocycles. The minimum Gasteiger partial charge on any atom is -0.297 e. The van der Waals surface area contributed by atoms with Crippen molar-refractivity contribution < 1.29 is 0 Å². The number of benzene rings is 1. The van der Waals surface area contributed by atoms with Gasteiger partial charge in [-0.05, 0) is 12.5 Å². The van der Waals surface area contributed by atoms with Gasteiger partial charge in [-0.25, -0.2) is 0 Å². The summed E-state index contributed by atoms with van der Waals surface area (Å²) in [6.07, 6.45) is 0. The molecule has 0 unspecified atom stereocenters. The van der Waals surface area contributed by atoms with E-state index in [4.69, 9.17) is 0 Å². The van der Waals surface area contributed by atoms with E-state index in [1.54, 1.807) is 0 Å². The molecule has 1 saturated heterocycles. The maximum Gasteiger partial charge on any atom is 0.0272 e. The Labute approximate surface area is 97.3 Å². The van der Waals surface area contributed by atoms with Crippen LogP contribution in [0.2, 0.25) is 0 Å². The zero-order valence-electron chi connectivity index (χ0n) is 8.31. The predicted octanol–water partition coefficient (Wildman–Crippen LogP) is 2.53. The highest BCUT2D eigenvalue weighted by molar-refractivity contribution is 7.81. The highest BCUT2D eigenvalue weighted by atomic mass is 35.5. The monoisotopic (exact) mass is 229 g/mol. The summed E-state index contributed by atoms with van der Waals surface area (Å²) in [5.74, 6) is 0. The topological polar surface area (TPSA) is 3.24 Å². The fraction of sp³-hybridized carbons (Fsp3) is 0.455. The molecule has 0 aliphatic carbocycles. The van der Waals surface area contributed by atoms with Crippen LogP contribution in [0.1, 0.15) is 11.1 Å². The zero-order chi connectivity index (χ0) is 9.26. The molecule has 1 aromatic carbocycles. The van der Waals surface area contributed by atoms with Gasteiger partial charge in [0.2, 0.25) is 0 Å². The molecular weight excluding hydrogens is 214 g/mol. The quantitative estimate of drug-likeness (QED) is 0.763. The van der Waals surface area contributed by atoms with Crippen LogP contribution in [0, 0.1) is 6.92 Å².